The fraction of sp³-hybridized carbons (Fsp3) is 1.00. The highest BCUT2D eigenvalue weighted by molar-refractivity contribution is 6.89. The second-order valence-electron chi connectivity index (χ2n) is 12.3. The average molecular weight is 465 g/mol. The lowest BCUT2D eigenvalue weighted by atomic mass is 10.2. The summed E-state index contributed by atoms with van der Waals surface area (Å²) in [5, 5.41) is 0.675. The van der Waals surface area contributed by atoms with E-state index >= 15 is 0 Å². The van der Waals surface area contributed by atoms with Crippen molar-refractivity contribution in [2.24, 2.45) is 0 Å². The Morgan fingerprint density at radius 3 is 0.750 bits per heavy atom. The predicted octanol–water partition coefficient (Wildman–Crippen LogP) is 9.25. The first kappa shape index (κ1) is 31.0. The van der Waals surface area contributed by atoms with E-state index in [1.165, 1.54) is 24.2 Å². The molecule has 0 aromatic carbocycles. The summed E-state index contributed by atoms with van der Waals surface area (Å²) in [5.74, 6) is 0. The van der Waals surface area contributed by atoms with Crippen LogP contribution in [0, 0.1) is 0 Å². The summed E-state index contributed by atoms with van der Waals surface area (Å²) in [7, 11) is -5.80. The molecule has 0 saturated heterocycles. The molecule has 0 atom stereocenters. The third kappa shape index (κ3) is 9.73. The average Bonchev–Trinajstić information content (AvgIpc) is 2.43. The van der Waals surface area contributed by atoms with Gasteiger partial charge in [-0.05, 0) is 73.5 Å². The van der Waals surface area contributed by atoms with Crippen LogP contribution in [0.15, 0.2) is 0 Å². The summed E-state index contributed by atoms with van der Waals surface area (Å²) < 4.78 is 13.1. The minimum Gasteiger partial charge on any atom is -0.456 e. The van der Waals surface area contributed by atoms with Crippen LogP contribution in [0.2, 0.25) is 73.5 Å². The summed E-state index contributed by atoms with van der Waals surface area (Å²) in [5.41, 5.74) is 0. The Labute approximate surface area is 184 Å². The van der Waals surface area contributed by atoms with E-state index in [4.69, 9.17) is 8.23 Å². The highest BCUT2D eigenvalue weighted by Crippen LogP contribution is 2.50. The zero-order valence-electron chi connectivity index (χ0n) is 22.6. The van der Waals surface area contributed by atoms with Crippen LogP contribution in [0.4, 0.5) is 0 Å². The number of rotatable bonds is 8. The van der Waals surface area contributed by atoms with E-state index in [2.05, 4.69) is 109 Å². The minimum absolute atomic E-state index is 0.338. The molecule has 0 aromatic heterocycles. The second-order valence-corrected chi connectivity index (χ2v) is 32.2. The van der Waals surface area contributed by atoms with Gasteiger partial charge in [-0.15, -0.1) is 0 Å². The first-order valence-electron chi connectivity index (χ1n) is 11.6. The molecule has 0 aromatic rings. The van der Waals surface area contributed by atoms with Crippen molar-refractivity contribution in [2.45, 2.75) is 143 Å². The van der Waals surface area contributed by atoms with Crippen LogP contribution in [0.1, 0.15) is 69.2 Å². The van der Waals surface area contributed by atoms with Crippen molar-refractivity contribution < 1.29 is 8.23 Å². The molecular formula is C22H56O2Si4. The summed E-state index contributed by atoms with van der Waals surface area (Å²) >= 11 is 0. The largest absolute Gasteiger partial charge is 0.456 e. The molecule has 0 spiro atoms. The first-order valence-corrected chi connectivity index (χ1v) is 23.0. The highest BCUT2D eigenvalue weighted by atomic mass is 28.4. The molecular weight excluding hydrogens is 409 g/mol. The third-order valence-electron chi connectivity index (χ3n) is 6.02. The predicted molar refractivity (Wildman–Crippen MR) is 142 cm³/mol. The van der Waals surface area contributed by atoms with Crippen molar-refractivity contribution in [1.29, 1.82) is 0 Å². The van der Waals surface area contributed by atoms with E-state index in [-0.39, 0.29) is 0 Å². The molecule has 0 saturated carbocycles. The fourth-order valence-electron chi connectivity index (χ4n) is 4.51. The Hall–Kier alpha value is 0.788. The van der Waals surface area contributed by atoms with Crippen molar-refractivity contribution in [2.75, 3.05) is 0 Å². The van der Waals surface area contributed by atoms with E-state index in [0.29, 0.717) is 10.1 Å². The van der Waals surface area contributed by atoms with Crippen molar-refractivity contribution in [3.05, 3.63) is 0 Å². The summed E-state index contributed by atoms with van der Waals surface area (Å²) in [4.78, 5) is 0. The Balaban J connectivity index is 0. The summed E-state index contributed by atoms with van der Waals surface area (Å²) in [6, 6.07) is 4.99. The first-order chi connectivity index (χ1) is 12.2. The molecule has 0 aliphatic rings. The van der Waals surface area contributed by atoms with Gasteiger partial charge in [0.1, 0.15) is 0 Å². The van der Waals surface area contributed by atoms with Crippen LogP contribution in [0.5, 0.6) is 0 Å². The van der Waals surface area contributed by atoms with Gasteiger partial charge >= 0.3 is 0 Å². The van der Waals surface area contributed by atoms with Gasteiger partial charge in [0.05, 0.1) is 0 Å². The molecule has 0 rings (SSSR count). The van der Waals surface area contributed by atoms with E-state index in [1.54, 1.807) is 0 Å². The molecule has 6 heteroatoms. The van der Waals surface area contributed by atoms with Crippen LogP contribution in [-0.4, -0.2) is 33.3 Å². The summed E-state index contributed by atoms with van der Waals surface area (Å²) in [6.45, 7) is 37.3. The van der Waals surface area contributed by atoms with Gasteiger partial charge in [0.2, 0.25) is 0 Å². The molecule has 172 valence electrons. The zero-order valence-corrected chi connectivity index (χ0v) is 26.6. The quantitative estimate of drug-likeness (QED) is 0.333. The van der Waals surface area contributed by atoms with E-state index < -0.39 is 33.3 Å². The van der Waals surface area contributed by atoms with Crippen LogP contribution < -0.4 is 0 Å². The topological polar surface area (TPSA) is 18.5 Å². The van der Waals surface area contributed by atoms with Gasteiger partial charge in [-0.3, -0.25) is 0 Å². The van der Waals surface area contributed by atoms with Crippen LogP contribution in [-0.2, 0) is 8.23 Å². The monoisotopic (exact) mass is 464 g/mol. The highest BCUT2D eigenvalue weighted by Gasteiger charge is 2.52. The lowest BCUT2D eigenvalue weighted by molar-refractivity contribution is 0.422. The van der Waals surface area contributed by atoms with E-state index in [0.717, 1.165) is 0 Å². The van der Waals surface area contributed by atoms with Gasteiger partial charge in [0, 0.05) is 0 Å². The maximum Gasteiger partial charge on any atom is 0.184 e. The van der Waals surface area contributed by atoms with Crippen molar-refractivity contribution in [3.8, 4) is 0 Å². The number of hydrogen-bond acceptors (Lipinski definition) is 2. The van der Waals surface area contributed by atoms with Gasteiger partial charge < -0.3 is 8.23 Å². The maximum absolute atomic E-state index is 7.23. The summed E-state index contributed by atoms with van der Waals surface area (Å²) in [6.07, 6.45) is 0. The third-order valence-corrected chi connectivity index (χ3v) is 24.1. The smallest absolute Gasteiger partial charge is 0.184 e. The van der Waals surface area contributed by atoms with Crippen molar-refractivity contribution in [3.63, 3.8) is 0 Å². The van der Waals surface area contributed by atoms with Gasteiger partial charge in [0.25, 0.3) is 0 Å². The van der Waals surface area contributed by atoms with Crippen LogP contribution in [0.3, 0.4) is 0 Å². The molecule has 0 aliphatic carbocycles. The molecule has 0 N–H and O–H groups in total. The Kier molecular flexibility index (Phi) is 12.0. The fourth-order valence-corrected chi connectivity index (χ4v) is 24.9. The molecule has 0 aliphatic heterocycles. The molecule has 2 nitrogen and oxygen atoms in total. The molecule has 0 unspecified atom stereocenters. The standard InChI is InChI=1S/C16H38OSi2.C6H18OSi2/c1-11-18(12-2,15(5,6)7)17-19(13-3,14-4)16(8,9)10;1-8(2,3)7-9(4,5)6/h11-14H2,1-10H3;1-6H3. The molecule has 0 heterocycles. The Morgan fingerprint density at radius 2 is 0.679 bits per heavy atom. The van der Waals surface area contributed by atoms with Gasteiger partial charge in [-0.1, -0.05) is 69.2 Å². The van der Waals surface area contributed by atoms with Gasteiger partial charge in [-0.2, -0.15) is 0 Å². The Bertz CT molecular complexity index is 389. The van der Waals surface area contributed by atoms with Crippen molar-refractivity contribution >= 4 is 33.3 Å². The lowest BCUT2D eigenvalue weighted by Gasteiger charge is -2.52. The van der Waals surface area contributed by atoms with Crippen LogP contribution in [0.25, 0.3) is 0 Å². The SMILES string of the molecule is CC[Si](CC)(O[Si](CC)(CC)C(C)(C)C)C(C)(C)C.C[Si](C)(C)O[Si](C)(C)C. The molecule has 0 bridgehead atoms. The lowest BCUT2D eigenvalue weighted by Crippen LogP contribution is -2.58. The number of hydrogen-bond donors (Lipinski definition) is 0. The van der Waals surface area contributed by atoms with Crippen LogP contribution >= 0.6 is 0 Å². The Morgan fingerprint density at radius 1 is 0.464 bits per heavy atom. The minimum atomic E-state index is -1.67. The normalized spacial score (nSPS) is 14.6. The van der Waals surface area contributed by atoms with Gasteiger partial charge in [-0.25, -0.2) is 0 Å². The zero-order chi connectivity index (χ0) is 23.2. The molecule has 0 radical (unpaired) electrons. The van der Waals surface area contributed by atoms with E-state index in [1.807, 2.05) is 0 Å². The van der Waals surface area contributed by atoms with Crippen molar-refractivity contribution in [1.82, 2.24) is 0 Å². The van der Waals surface area contributed by atoms with E-state index in [9.17, 15) is 0 Å². The van der Waals surface area contributed by atoms with Gasteiger partial charge in [0.15, 0.2) is 33.3 Å². The molecule has 28 heavy (non-hydrogen) atoms. The molecule has 0 fully saturated rings. The second kappa shape index (κ2) is 10.9. The maximum atomic E-state index is 7.23. The molecule has 0 amide bonds.